The second-order valence-corrected chi connectivity index (χ2v) is 17.3. The number of hydrogen-bond donors (Lipinski definition) is 2. The first-order valence-electron chi connectivity index (χ1n) is 21.1. The first kappa shape index (κ1) is 40.3. The molecule has 8 rings (SSSR count). The van der Waals surface area contributed by atoms with E-state index in [4.69, 9.17) is 25.9 Å². The van der Waals surface area contributed by atoms with E-state index in [0.717, 1.165) is 88.9 Å². The van der Waals surface area contributed by atoms with Gasteiger partial charge in [-0.3, -0.25) is 9.69 Å². The number of piperidine rings is 1. The Kier molecular flexibility index (Phi) is 11.5. The number of carbonyl (C=O) groups is 1. The fourth-order valence-corrected chi connectivity index (χ4v) is 10.6. The first-order valence-corrected chi connectivity index (χ1v) is 21.1. The summed E-state index contributed by atoms with van der Waals surface area (Å²) in [5, 5.41) is 15.6. The van der Waals surface area contributed by atoms with Crippen molar-refractivity contribution in [3.63, 3.8) is 0 Å². The molecule has 310 valence electrons. The number of likely N-dealkylation sites (N-methyl/N-ethyl adjacent to an activating group) is 1. The third kappa shape index (κ3) is 7.83. The quantitative estimate of drug-likeness (QED) is 0.172. The van der Waals surface area contributed by atoms with Crippen LogP contribution in [0.3, 0.4) is 0 Å². The van der Waals surface area contributed by atoms with Gasteiger partial charge in [0.15, 0.2) is 0 Å². The number of likely N-dealkylation sites (tertiary alicyclic amines) is 2. The lowest BCUT2D eigenvalue weighted by Crippen LogP contribution is -2.55. The van der Waals surface area contributed by atoms with Crippen LogP contribution in [0.15, 0.2) is 36.9 Å². The highest BCUT2D eigenvalue weighted by molar-refractivity contribution is 6.00. The average molecular weight is 798 g/mol. The molecule has 1 aromatic heterocycles. The summed E-state index contributed by atoms with van der Waals surface area (Å²) < 4.78 is 42.6. The van der Waals surface area contributed by atoms with Crippen molar-refractivity contribution in [2.45, 2.75) is 107 Å². The second-order valence-electron chi connectivity index (χ2n) is 17.3. The summed E-state index contributed by atoms with van der Waals surface area (Å²) >= 11 is 0. The monoisotopic (exact) mass is 797 g/mol. The first-order chi connectivity index (χ1) is 28.0. The van der Waals surface area contributed by atoms with Crippen LogP contribution in [0.25, 0.3) is 10.8 Å². The van der Waals surface area contributed by atoms with Crippen molar-refractivity contribution in [2.24, 2.45) is 0 Å². The Bertz CT molecular complexity index is 2060. The van der Waals surface area contributed by atoms with Gasteiger partial charge in [0.05, 0.1) is 28.9 Å². The van der Waals surface area contributed by atoms with Crippen LogP contribution in [0.5, 0.6) is 11.8 Å². The molecule has 4 aliphatic heterocycles. The number of halogens is 2. The number of nitrogens with zero attached hydrogens (tertiary/aromatic N) is 6. The molecule has 1 aliphatic carbocycles. The van der Waals surface area contributed by atoms with Crippen molar-refractivity contribution in [3.05, 3.63) is 59.6 Å². The number of phenols is 1. The van der Waals surface area contributed by atoms with E-state index in [-0.39, 0.29) is 35.9 Å². The molecule has 2 N–H and O–H groups in total. The zero-order valence-electron chi connectivity index (χ0n) is 33.9. The van der Waals surface area contributed by atoms with E-state index < -0.39 is 23.1 Å². The Morgan fingerprint density at radius 3 is 2.64 bits per heavy atom. The van der Waals surface area contributed by atoms with Crippen molar-refractivity contribution in [2.75, 3.05) is 69.8 Å². The molecular weight excluding hydrogens is 741 g/mol. The summed E-state index contributed by atoms with van der Waals surface area (Å²) in [5.74, 6) is 2.59. The molecular formula is C45H57F2N7O4. The van der Waals surface area contributed by atoms with Crippen LogP contribution in [0.1, 0.15) is 81.5 Å². The van der Waals surface area contributed by atoms with Crippen molar-refractivity contribution in [3.8, 4) is 24.1 Å². The smallest absolute Gasteiger partial charge is 0.318 e. The molecule has 0 spiro atoms. The number of aromatic nitrogens is 2. The van der Waals surface area contributed by atoms with E-state index in [1.807, 2.05) is 7.05 Å². The highest BCUT2D eigenvalue weighted by Crippen LogP contribution is 2.41. The molecule has 5 aliphatic rings. The fraction of sp³-hybridized carbons (Fsp3) is 0.578. The summed E-state index contributed by atoms with van der Waals surface area (Å²) in [4.78, 5) is 31.7. The molecule has 1 saturated carbocycles. The van der Waals surface area contributed by atoms with E-state index in [1.54, 1.807) is 23.1 Å². The number of amides is 1. The number of terminal acetylenes is 1. The predicted octanol–water partition coefficient (Wildman–Crippen LogP) is 6.21. The minimum atomic E-state index is -0.954. The van der Waals surface area contributed by atoms with E-state index >= 15 is 8.78 Å². The third-order valence-electron chi connectivity index (χ3n) is 13.8. The number of carbonyl (C=O) groups excluding carboxylic acids is 1. The molecule has 5 heterocycles. The standard InChI is InChI=1S/C45H57F2N7O4/c1-5-35-37(47)10-9-30-23-34(55)24-39(41(30)35)53-20-13-36-38(27-53)49-43(50-42(36)48-28-45(16-7-8-17-45)51(4)40(56)6-2)58-29-44(3)25-31(46)26-54(44)33-11-18-52(19-12-33)32-14-21-57-22-15-32/h1,6,9-10,23-24,31-33,55H,2,7-8,11-22,25-29H2,3-4H3,(H,48,49,50)/t31-,44+/m1/s1. The Morgan fingerprint density at radius 2 is 1.91 bits per heavy atom. The number of ether oxygens (including phenoxy) is 2. The lowest BCUT2D eigenvalue weighted by Gasteiger charge is -2.45. The third-order valence-corrected chi connectivity index (χ3v) is 13.8. The molecule has 2 atom stereocenters. The molecule has 58 heavy (non-hydrogen) atoms. The van der Waals surface area contributed by atoms with Gasteiger partial charge < -0.3 is 34.6 Å². The van der Waals surface area contributed by atoms with Gasteiger partial charge >= 0.3 is 6.01 Å². The fourth-order valence-electron chi connectivity index (χ4n) is 10.6. The van der Waals surface area contributed by atoms with Crippen LogP contribution in [-0.2, 0) is 22.5 Å². The molecule has 0 bridgehead atoms. The van der Waals surface area contributed by atoms with Crippen molar-refractivity contribution in [1.29, 1.82) is 0 Å². The van der Waals surface area contributed by atoms with Crippen LogP contribution >= 0.6 is 0 Å². The van der Waals surface area contributed by atoms with Gasteiger partial charge in [0.1, 0.15) is 30.2 Å². The van der Waals surface area contributed by atoms with E-state index in [9.17, 15) is 9.90 Å². The Balaban J connectivity index is 1.07. The van der Waals surface area contributed by atoms with Crippen LogP contribution in [0, 0.1) is 18.2 Å². The lowest BCUT2D eigenvalue weighted by atomic mass is 9.93. The number of fused-ring (bicyclic) bond motifs is 2. The van der Waals surface area contributed by atoms with Gasteiger partial charge in [-0.2, -0.15) is 9.97 Å². The highest BCUT2D eigenvalue weighted by Gasteiger charge is 2.47. The Hall–Kier alpha value is -4.51. The highest BCUT2D eigenvalue weighted by atomic mass is 19.1. The summed E-state index contributed by atoms with van der Waals surface area (Å²) in [5.41, 5.74) is 1.45. The second kappa shape index (κ2) is 16.6. The summed E-state index contributed by atoms with van der Waals surface area (Å²) in [6.45, 7) is 11.4. The van der Waals surface area contributed by atoms with Gasteiger partial charge in [0.25, 0.3) is 0 Å². The van der Waals surface area contributed by atoms with Gasteiger partial charge in [-0.15, -0.1) is 6.42 Å². The number of aromatic hydroxyl groups is 1. The van der Waals surface area contributed by atoms with Crippen LogP contribution in [-0.4, -0.2) is 125 Å². The normalized spacial score (nSPS) is 24.4. The molecule has 0 radical (unpaired) electrons. The van der Waals surface area contributed by atoms with Crippen molar-refractivity contribution in [1.82, 2.24) is 24.7 Å². The van der Waals surface area contributed by atoms with Gasteiger partial charge in [-0.1, -0.05) is 31.4 Å². The molecule has 1 amide bonds. The largest absolute Gasteiger partial charge is 0.508 e. The van der Waals surface area contributed by atoms with E-state index in [0.29, 0.717) is 67.3 Å². The maximum absolute atomic E-state index is 15.4. The molecule has 2 aromatic carbocycles. The van der Waals surface area contributed by atoms with E-state index in [1.165, 1.54) is 12.1 Å². The van der Waals surface area contributed by atoms with Crippen LogP contribution in [0.2, 0.25) is 0 Å². The minimum absolute atomic E-state index is 0.0479. The number of benzene rings is 2. The Morgan fingerprint density at radius 1 is 1.16 bits per heavy atom. The van der Waals surface area contributed by atoms with Gasteiger partial charge in [0, 0.05) is 81.1 Å². The predicted molar refractivity (Wildman–Crippen MR) is 222 cm³/mol. The van der Waals surface area contributed by atoms with Crippen LogP contribution < -0.4 is 15.0 Å². The number of anilines is 2. The van der Waals surface area contributed by atoms with Gasteiger partial charge in [-0.25, -0.2) is 8.78 Å². The number of nitrogens with one attached hydrogen (secondary N) is 1. The number of hydrogen-bond acceptors (Lipinski definition) is 10. The van der Waals surface area contributed by atoms with Crippen molar-refractivity contribution < 1.29 is 28.2 Å². The van der Waals surface area contributed by atoms with Gasteiger partial charge in [0.2, 0.25) is 5.91 Å². The summed E-state index contributed by atoms with van der Waals surface area (Å²) in [7, 11) is 1.84. The summed E-state index contributed by atoms with van der Waals surface area (Å²) in [6, 6.07) is 7.17. The SMILES string of the molecule is C#Cc1c(F)ccc2cc(O)cc(N3CCc4c(nc(OC[C@]5(C)C[C@@H](F)CN5C5CCN(C6CCOCC6)CC5)nc4NCC4(N(C)C(=O)C=C)CCCC4)C3)c12. The molecule has 3 saturated heterocycles. The average Bonchev–Trinajstić information content (AvgIpc) is 3.85. The topological polar surface area (TPSA) is 107 Å². The number of rotatable bonds is 11. The summed E-state index contributed by atoms with van der Waals surface area (Å²) in [6.07, 6.45) is 15.0. The molecule has 11 nitrogen and oxygen atoms in total. The number of phenolic OH excluding ortho intramolecular Hbond substituents is 1. The van der Waals surface area contributed by atoms with Crippen molar-refractivity contribution >= 4 is 28.2 Å². The zero-order valence-corrected chi connectivity index (χ0v) is 33.9. The van der Waals surface area contributed by atoms with E-state index in [2.05, 4.69) is 39.4 Å². The Labute approximate surface area is 340 Å². The van der Waals surface area contributed by atoms with Crippen LogP contribution in [0.4, 0.5) is 20.3 Å². The molecule has 4 fully saturated rings. The maximum Gasteiger partial charge on any atom is 0.318 e. The minimum Gasteiger partial charge on any atom is -0.508 e. The van der Waals surface area contributed by atoms with Gasteiger partial charge in [-0.05, 0) is 88.6 Å². The molecule has 3 aromatic rings. The zero-order chi connectivity index (χ0) is 40.6. The number of alkyl halides is 1. The molecule has 0 unspecified atom stereocenters. The lowest BCUT2D eigenvalue weighted by molar-refractivity contribution is -0.129. The maximum atomic E-state index is 15.4. The molecule has 13 heteroatoms.